The highest BCUT2D eigenvalue weighted by molar-refractivity contribution is 6.00. The van der Waals surface area contributed by atoms with Gasteiger partial charge in [-0.25, -0.2) is 0 Å². The third kappa shape index (κ3) is 3.42. The molecular weight excluding hydrogens is 332 g/mol. The molecular formula is C25H20O2. The molecule has 0 aliphatic heterocycles. The number of rotatable bonds is 4. The molecule has 0 saturated heterocycles. The highest BCUT2D eigenvalue weighted by Crippen LogP contribution is 2.40. The topological polar surface area (TPSA) is 40.5 Å². The Balaban J connectivity index is 2.05. The molecule has 2 N–H and O–H groups in total. The van der Waals surface area contributed by atoms with E-state index in [4.69, 9.17) is 0 Å². The fourth-order valence-electron chi connectivity index (χ4n) is 3.51. The molecule has 3 aromatic carbocycles. The van der Waals surface area contributed by atoms with Crippen molar-refractivity contribution in [3.05, 3.63) is 120 Å². The molecule has 0 amide bonds. The Morgan fingerprint density at radius 3 is 1.78 bits per heavy atom. The lowest BCUT2D eigenvalue weighted by molar-refractivity contribution is 0.403. The standard InChI is InChI=1S/C25H20O2/c26-22-16-15-21(17-23(22)27)25(20-11-5-2-6-12-20)24(19-13-7-8-14-19)18-9-3-1-4-10-18/h1-17,19,26-27H/b25-24-. The Labute approximate surface area is 159 Å². The van der Waals surface area contributed by atoms with Crippen molar-refractivity contribution in [1.82, 2.24) is 0 Å². The van der Waals surface area contributed by atoms with Gasteiger partial charge in [-0.3, -0.25) is 0 Å². The normalized spacial score (nSPS) is 14.4. The molecule has 2 heteroatoms. The van der Waals surface area contributed by atoms with Gasteiger partial charge in [0.1, 0.15) is 0 Å². The maximum Gasteiger partial charge on any atom is 0.158 e. The van der Waals surface area contributed by atoms with Gasteiger partial charge in [-0.1, -0.05) is 91.0 Å². The number of hydrogen-bond donors (Lipinski definition) is 2. The summed E-state index contributed by atoms with van der Waals surface area (Å²) in [6.45, 7) is 0. The fourth-order valence-corrected chi connectivity index (χ4v) is 3.51. The first kappa shape index (κ1) is 16.9. The van der Waals surface area contributed by atoms with E-state index in [1.165, 1.54) is 6.07 Å². The van der Waals surface area contributed by atoms with Crippen molar-refractivity contribution in [2.45, 2.75) is 0 Å². The van der Waals surface area contributed by atoms with E-state index in [1.807, 2.05) is 42.5 Å². The van der Waals surface area contributed by atoms with E-state index in [9.17, 15) is 10.2 Å². The third-order valence-electron chi connectivity index (χ3n) is 4.76. The molecule has 0 radical (unpaired) electrons. The molecule has 0 bridgehead atoms. The SMILES string of the molecule is Oc1ccc(/C(=C(/c2ccccc2)C2C=CC=C2)c2ccccc2)cc1O. The van der Waals surface area contributed by atoms with Gasteiger partial charge >= 0.3 is 0 Å². The summed E-state index contributed by atoms with van der Waals surface area (Å²) in [7, 11) is 0. The molecule has 1 aliphatic carbocycles. The van der Waals surface area contributed by atoms with Crippen LogP contribution in [-0.2, 0) is 0 Å². The summed E-state index contributed by atoms with van der Waals surface area (Å²) in [6, 6.07) is 25.5. The molecule has 0 aromatic heterocycles. The van der Waals surface area contributed by atoms with Gasteiger partial charge in [0.25, 0.3) is 0 Å². The van der Waals surface area contributed by atoms with Gasteiger partial charge in [0.05, 0.1) is 0 Å². The molecule has 3 aromatic rings. The van der Waals surface area contributed by atoms with Crippen LogP contribution in [0.1, 0.15) is 16.7 Å². The van der Waals surface area contributed by atoms with E-state index < -0.39 is 0 Å². The molecule has 0 unspecified atom stereocenters. The summed E-state index contributed by atoms with van der Waals surface area (Å²) in [5.74, 6) is -0.0996. The first-order chi connectivity index (χ1) is 13.2. The average Bonchev–Trinajstić information content (AvgIpc) is 3.24. The van der Waals surface area contributed by atoms with E-state index in [-0.39, 0.29) is 17.4 Å². The summed E-state index contributed by atoms with van der Waals surface area (Å²) in [5, 5.41) is 19.9. The highest BCUT2D eigenvalue weighted by Gasteiger charge is 2.21. The maximum atomic E-state index is 10.1. The smallest absolute Gasteiger partial charge is 0.158 e. The van der Waals surface area contributed by atoms with Gasteiger partial charge < -0.3 is 10.2 Å². The number of hydrogen-bond acceptors (Lipinski definition) is 2. The number of phenols is 2. The molecule has 0 heterocycles. The molecule has 0 atom stereocenters. The predicted molar refractivity (Wildman–Crippen MR) is 110 cm³/mol. The molecule has 0 spiro atoms. The Bertz CT molecular complexity index is 1020. The second-order valence-corrected chi connectivity index (χ2v) is 6.52. The summed E-state index contributed by atoms with van der Waals surface area (Å²) >= 11 is 0. The van der Waals surface area contributed by atoms with Crippen LogP contribution in [0.25, 0.3) is 11.1 Å². The van der Waals surface area contributed by atoms with E-state index in [0.717, 1.165) is 27.8 Å². The van der Waals surface area contributed by atoms with Gasteiger partial charge in [-0.15, -0.1) is 0 Å². The minimum absolute atomic E-state index is 0.118. The maximum absolute atomic E-state index is 10.1. The molecule has 4 rings (SSSR count). The van der Waals surface area contributed by atoms with Crippen molar-refractivity contribution < 1.29 is 10.2 Å². The average molecular weight is 352 g/mol. The van der Waals surface area contributed by atoms with Crippen molar-refractivity contribution in [3.8, 4) is 11.5 Å². The summed E-state index contributed by atoms with van der Waals surface area (Å²) in [5.41, 5.74) is 5.26. The largest absolute Gasteiger partial charge is 0.504 e. The quantitative estimate of drug-likeness (QED) is 0.460. The zero-order chi connectivity index (χ0) is 18.6. The van der Waals surface area contributed by atoms with Crippen molar-refractivity contribution in [3.63, 3.8) is 0 Å². The van der Waals surface area contributed by atoms with Crippen LogP contribution in [-0.4, -0.2) is 10.2 Å². The van der Waals surface area contributed by atoms with Gasteiger partial charge in [0, 0.05) is 5.92 Å². The van der Waals surface area contributed by atoms with Crippen LogP contribution in [0.3, 0.4) is 0 Å². The zero-order valence-corrected chi connectivity index (χ0v) is 14.8. The van der Waals surface area contributed by atoms with Crippen LogP contribution in [0.15, 0.2) is 103 Å². The predicted octanol–water partition coefficient (Wildman–Crippen LogP) is 5.80. The number of aromatic hydroxyl groups is 2. The minimum atomic E-state index is -0.120. The van der Waals surface area contributed by atoms with Crippen LogP contribution in [0.2, 0.25) is 0 Å². The highest BCUT2D eigenvalue weighted by atomic mass is 16.3. The first-order valence-electron chi connectivity index (χ1n) is 8.96. The van der Waals surface area contributed by atoms with Gasteiger partial charge in [0.15, 0.2) is 11.5 Å². The Hall–Kier alpha value is -3.52. The second kappa shape index (κ2) is 7.38. The zero-order valence-electron chi connectivity index (χ0n) is 14.8. The monoisotopic (exact) mass is 352 g/mol. The van der Waals surface area contributed by atoms with Gasteiger partial charge in [0.2, 0.25) is 0 Å². The molecule has 0 fully saturated rings. The molecule has 27 heavy (non-hydrogen) atoms. The Morgan fingerprint density at radius 1 is 0.593 bits per heavy atom. The summed E-state index contributed by atoms with van der Waals surface area (Å²) in [4.78, 5) is 0. The fraction of sp³-hybridized carbons (Fsp3) is 0.0400. The van der Waals surface area contributed by atoms with Crippen LogP contribution in [0.5, 0.6) is 11.5 Å². The van der Waals surface area contributed by atoms with Gasteiger partial charge in [-0.05, 0) is 40.0 Å². The minimum Gasteiger partial charge on any atom is -0.504 e. The summed E-state index contributed by atoms with van der Waals surface area (Å²) in [6.07, 6.45) is 8.46. The van der Waals surface area contributed by atoms with E-state index in [1.54, 1.807) is 6.07 Å². The molecule has 0 saturated carbocycles. The molecule has 132 valence electrons. The second-order valence-electron chi connectivity index (χ2n) is 6.52. The van der Waals surface area contributed by atoms with Crippen LogP contribution >= 0.6 is 0 Å². The molecule has 1 aliphatic rings. The van der Waals surface area contributed by atoms with Crippen molar-refractivity contribution in [1.29, 1.82) is 0 Å². The summed E-state index contributed by atoms with van der Waals surface area (Å²) < 4.78 is 0. The van der Waals surface area contributed by atoms with Crippen molar-refractivity contribution >= 4 is 11.1 Å². The van der Waals surface area contributed by atoms with Crippen molar-refractivity contribution in [2.75, 3.05) is 0 Å². The Morgan fingerprint density at radius 2 is 1.19 bits per heavy atom. The lowest BCUT2D eigenvalue weighted by atomic mass is 9.83. The Kier molecular flexibility index (Phi) is 4.63. The van der Waals surface area contributed by atoms with Gasteiger partial charge in [-0.2, -0.15) is 0 Å². The van der Waals surface area contributed by atoms with E-state index in [2.05, 4.69) is 48.6 Å². The lowest BCUT2D eigenvalue weighted by Crippen LogP contribution is -2.02. The number of phenolic OH excluding ortho intramolecular Hbond substituents is 2. The first-order valence-corrected chi connectivity index (χ1v) is 8.96. The third-order valence-corrected chi connectivity index (χ3v) is 4.76. The van der Waals surface area contributed by atoms with E-state index in [0.29, 0.717) is 0 Å². The van der Waals surface area contributed by atoms with Crippen molar-refractivity contribution in [2.24, 2.45) is 5.92 Å². The number of benzene rings is 3. The number of allylic oxidation sites excluding steroid dienone is 5. The van der Waals surface area contributed by atoms with E-state index >= 15 is 0 Å². The van der Waals surface area contributed by atoms with Crippen LogP contribution < -0.4 is 0 Å². The molecule has 2 nitrogen and oxygen atoms in total. The van der Waals surface area contributed by atoms with Crippen LogP contribution in [0.4, 0.5) is 0 Å². The van der Waals surface area contributed by atoms with Crippen LogP contribution in [0, 0.1) is 5.92 Å². The lowest BCUT2D eigenvalue weighted by Gasteiger charge is -2.21.